The van der Waals surface area contributed by atoms with Gasteiger partial charge in [0.2, 0.25) is 0 Å². The van der Waals surface area contributed by atoms with E-state index < -0.39 is 0 Å². The number of hydrogen-bond acceptors (Lipinski definition) is 2. The van der Waals surface area contributed by atoms with Crippen LogP contribution in [-0.4, -0.2) is 17.1 Å². The number of hydrogen-bond donors (Lipinski definition) is 0. The largest absolute Gasteiger partial charge is 0.465 e. The Bertz CT molecular complexity index is 715. The Morgan fingerprint density at radius 3 is 2.42 bits per heavy atom. The highest BCUT2D eigenvalue weighted by molar-refractivity contribution is 5.86. The summed E-state index contributed by atoms with van der Waals surface area (Å²) in [7, 11) is 0. The summed E-state index contributed by atoms with van der Waals surface area (Å²) < 4.78 is 7.10. The quantitative estimate of drug-likeness (QED) is 0.509. The molecule has 2 rings (SSSR count). The minimum absolute atomic E-state index is 0.213. The minimum Gasteiger partial charge on any atom is -0.465 e. The number of carbonyl (C=O) groups is 1. The van der Waals surface area contributed by atoms with E-state index in [-0.39, 0.29) is 18.4 Å². The van der Waals surface area contributed by atoms with E-state index in [9.17, 15) is 4.79 Å². The van der Waals surface area contributed by atoms with E-state index in [0.29, 0.717) is 18.4 Å². The molecule has 1 aromatic heterocycles. The number of nitrogens with zero attached hydrogens (tertiary/aromatic N) is 1. The first-order valence-electron chi connectivity index (χ1n) is 8.51. The third kappa shape index (κ3) is 3.61. The third-order valence-electron chi connectivity index (χ3n) is 4.66. The number of fused-ring (bicyclic) bond motifs is 1. The number of para-hydroxylation sites is 1. The maximum Gasteiger partial charge on any atom is 0.325 e. The van der Waals surface area contributed by atoms with Crippen molar-refractivity contribution in [2.75, 3.05) is 6.61 Å². The van der Waals surface area contributed by atoms with Gasteiger partial charge in [-0.15, -0.1) is 13.2 Å². The zero-order chi connectivity index (χ0) is 17.7. The van der Waals surface area contributed by atoms with E-state index in [1.54, 1.807) is 0 Å². The Balaban J connectivity index is 2.55. The van der Waals surface area contributed by atoms with Crippen LogP contribution in [0, 0.1) is 11.8 Å². The Labute approximate surface area is 144 Å². The van der Waals surface area contributed by atoms with Gasteiger partial charge in [0.05, 0.1) is 6.61 Å². The van der Waals surface area contributed by atoms with Gasteiger partial charge in [0.1, 0.15) is 6.54 Å². The summed E-state index contributed by atoms with van der Waals surface area (Å²) in [6.45, 7) is 14.7. The maximum atomic E-state index is 11.9. The highest BCUT2D eigenvalue weighted by Crippen LogP contribution is 2.38. The van der Waals surface area contributed by atoms with Crippen LogP contribution in [0.5, 0.6) is 0 Å². The molecule has 0 amide bonds. The lowest BCUT2D eigenvalue weighted by molar-refractivity contribution is -0.143. The van der Waals surface area contributed by atoms with Crippen LogP contribution < -0.4 is 0 Å². The van der Waals surface area contributed by atoms with E-state index in [0.717, 1.165) is 5.52 Å². The van der Waals surface area contributed by atoms with Crippen LogP contribution in [0.4, 0.5) is 0 Å². The fraction of sp³-hybridized carbons (Fsp3) is 0.381. The number of rotatable bonds is 8. The summed E-state index contributed by atoms with van der Waals surface area (Å²) in [5.74, 6) is 0.669. The molecule has 0 bridgehead atoms. The molecule has 0 saturated heterocycles. The standard InChI is InChI=1S/C21H27NO2/c1-6-15(4)21(16(5)7-2)18-13-22(14-20(23)24-8-3)19-12-10-9-11-17(18)19/h6-7,9-13,15-16,21H,1-2,8,14H2,3-5H3. The van der Waals surface area contributed by atoms with E-state index in [1.807, 2.05) is 41.8 Å². The topological polar surface area (TPSA) is 31.2 Å². The molecule has 0 fully saturated rings. The second kappa shape index (κ2) is 8.00. The number of carbonyl (C=O) groups excluding carboxylic acids is 1. The van der Waals surface area contributed by atoms with Crippen LogP contribution >= 0.6 is 0 Å². The van der Waals surface area contributed by atoms with Gasteiger partial charge in [0, 0.05) is 17.1 Å². The van der Waals surface area contributed by atoms with Crippen molar-refractivity contribution in [3.05, 3.63) is 61.3 Å². The highest BCUT2D eigenvalue weighted by Gasteiger charge is 2.26. The van der Waals surface area contributed by atoms with Crippen LogP contribution in [0.15, 0.2) is 55.8 Å². The van der Waals surface area contributed by atoms with Gasteiger partial charge in [-0.2, -0.15) is 0 Å². The number of esters is 1. The fourth-order valence-electron chi connectivity index (χ4n) is 3.36. The molecule has 0 radical (unpaired) electrons. The highest BCUT2D eigenvalue weighted by atomic mass is 16.5. The molecular formula is C21H27NO2. The van der Waals surface area contributed by atoms with E-state index in [4.69, 9.17) is 4.74 Å². The van der Waals surface area contributed by atoms with Gasteiger partial charge in [-0.3, -0.25) is 4.79 Å². The average Bonchev–Trinajstić information content (AvgIpc) is 2.93. The molecule has 3 heteroatoms. The average molecular weight is 325 g/mol. The first-order chi connectivity index (χ1) is 11.5. The van der Waals surface area contributed by atoms with Crippen LogP contribution in [0.25, 0.3) is 10.9 Å². The molecule has 2 atom stereocenters. The Morgan fingerprint density at radius 1 is 1.21 bits per heavy atom. The molecule has 0 saturated carbocycles. The number of aromatic nitrogens is 1. The van der Waals surface area contributed by atoms with Crippen molar-refractivity contribution in [2.24, 2.45) is 11.8 Å². The van der Waals surface area contributed by atoms with Gasteiger partial charge >= 0.3 is 5.97 Å². The Hall–Kier alpha value is -2.29. The molecule has 24 heavy (non-hydrogen) atoms. The summed E-state index contributed by atoms with van der Waals surface area (Å²) in [6.07, 6.45) is 6.07. The first kappa shape index (κ1) is 18.1. The second-order valence-electron chi connectivity index (χ2n) is 6.25. The van der Waals surface area contributed by atoms with Gasteiger partial charge < -0.3 is 9.30 Å². The van der Waals surface area contributed by atoms with Crippen LogP contribution in [0.1, 0.15) is 32.3 Å². The lowest BCUT2D eigenvalue weighted by Gasteiger charge is -2.25. The minimum atomic E-state index is -0.213. The molecular weight excluding hydrogens is 298 g/mol. The Kier molecular flexibility index (Phi) is 6.02. The smallest absolute Gasteiger partial charge is 0.325 e. The van der Waals surface area contributed by atoms with Crippen molar-refractivity contribution < 1.29 is 9.53 Å². The SMILES string of the molecule is C=CC(C)C(c1cn(CC(=O)OCC)c2ccccc12)C(C)C=C. The van der Waals surface area contributed by atoms with Crippen molar-refractivity contribution in [1.82, 2.24) is 4.57 Å². The lowest BCUT2D eigenvalue weighted by atomic mass is 9.78. The van der Waals surface area contributed by atoms with Gasteiger partial charge in [-0.1, -0.05) is 44.2 Å². The molecule has 128 valence electrons. The third-order valence-corrected chi connectivity index (χ3v) is 4.66. The second-order valence-corrected chi connectivity index (χ2v) is 6.25. The molecule has 3 nitrogen and oxygen atoms in total. The summed E-state index contributed by atoms with van der Waals surface area (Å²) in [5, 5.41) is 1.18. The predicted octanol–water partition coefficient (Wildman–Crippen LogP) is 4.93. The maximum absolute atomic E-state index is 11.9. The van der Waals surface area contributed by atoms with Crippen LogP contribution in [-0.2, 0) is 16.1 Å². The molecule has 0 aliphatic heterocycles. The van der Waals surface area contributed by atoms with Crippen molar-refractivity contribution in [2.45, 2.75) is 33.2 Å². The van der Waals surface area contributed by atoms with E-state index in [2.05, 4.69) is 39.3 Å². The molecule has 1 heterocycles. The summed E-state index contributed by atoms with van der Waals surface area (Å²) in [6, 6.07) is 8.20. The zero-order valence-corrected chi connectivity index (χ0v) is 14.9. The molecule has 0 aliphatic rings. The Morgan fingerprint density at radius 2 is 1.83 bits per heavy atom. The molecule has 0 spiro atoms. The predicted molar refractivity (Wildman–Crippen MR) is 100 cm³/mol. The van der Waals surface area contributed by atoms with Crippen molar-refractivity contribution in [1.29, 1.82) is 0 Å². The van der Waals surface area contributed by atoms with Crippen LogP contribution in [0.3, 0.4) is 0 Å². The molecule has 0 aliphatic carbocycles. The van der Waals surface area contributed by atoms with E-state index in [1.165, 1.54) is 10.9 Å². The summed E-state index contributed by atoms with van der Waals surface area (Å²) in [5.41, 5.74) is 2.28. The van der Waals surface area contributed by atoms with Gasteiger partial charge in [-0.05, 0) is 36.3 Å². The van der Waals surface area contributed by atoms with Crippen molar-refractivity contribution >= 4 is 16.9 Å². The molecule has 2 unspecified atom stereocenters. The normalized spacial score (nSPS) is 14.8. The number of benzene rings is 1. The summed E-state index contributed by atoms with van der Waals surface area (Å²) in [4.78, 5) is 11.9. The fourth-order valence-corrected chi connectivity index (χ4v) is 3.36. The zero-order valence-electron chi connectivity index (χ0n) is 14.9. The van der Waals surface area contributed by atoms with Gasteiger partial charge in [-0.25, -0.2) is 0 Å². The van der Waals surface area contributed by atoms with Gasteiger partial charge in [0.25, 0.3) is 0 Å². The lowest BCUT2D eigenvalue weighted by Crippen LogP contribution is -2.15. The van der Waals surface area contributed by atoms with Crippen molar-refractivity contribution in [3.8, 4) is 0 Å². The van der Waals surface area contributed by atoms with Crippen LogP contribution in [0.2, 0.25) is 0 Å². The first-order valence-corrected chi connectivity index (χ1v) is 8.51. The number of allylic oxidation sites excluding steroid dienone is 2. The molecule has 1 aromatic carbocycles. The van der Waals surface area contributed by atoms with E-state index >= 15 is 0 Å². The molecule has 0 N–H and O–H groups in total. The number of ether oxygens (including phenoxy) is 1. The molecule has 2 aromatic rings. The summed E-state index contributed by atoms with van der Waals surface area (Å²) >= 11 is 0. The van der Waals surface area contributed by atoms with Crippen molar-refractivity contribution in [3.63, 3.8) is 0 Å². The van der Waals surface area contributed by atoms with Gasteiger partial charge in [0.15, 0.2) is 0 Å². The monoisotopic (exact) mass is 325 g/mol.